The molecule has 2 atom stereocenters. The van der Waals surface area contributed by atoms with Crippen molar-refractivity contribution in [3.63, 3.8) is 0 Å². The summed E-state index contributed by atoms with van der Waals surface area (Å²) in [6, 6.07) is 3.13. The molecule has 20 heavy (non-hydrogen) atoms. The number of ether oxygens (including phenoxy) is 2. The molecule has 2 unspecified atom stereocenters. The number of hydrogen-bond donors (Lipinski definition) is 1. The second-order valence-electron chi connectivity index (χ2n) is 5.38. The molecule has 0 radical (unpaired) electrons. The van der Waals surface area contributed by atoms with E-state index in [-0.39, 0.29) is 11.7 Å². The van der Waals surface area contributed by atoms with Gasteiger partial charge in [0.1, 0.15) is 5.56 Å². The minimum absolute atomic E-state index is 0.0864. The number of nitrogen functional groups attached to an aromatic ring is 1. The van der Waals surface area contributed by atoms with Gasteiger partial charge in [0.05, 0.1) is 18.2 Å². The second-order valence-corrected chi connectivity index (χ2v) is 5.79. The SMILES string of the molecule is COC(=O)c1cc(N)cc(Cl)c1OC1CCCC(C)C1. The molecule has 0 spiro atoms. The molecular formula is C15H20ClNO3. The van der Waals surface area contributed by atoms with Gasteiger partial charge < -0.3 is 15.2 Å². The lowest BCUT2D eigenvalue weighted by molar-refractivity contribution is 0.0588. The van der Waals surface area contributed by atoms with E-state index in [1.807, 2.05) is 0 Å². The van der Waals surface area contributed by atoms with Crippen LogP contribution in [0, 0.1) is 5.92 Å². The minimum atomic E-state index is -0.488. The molecule has 0 saturated heterocycles. The van der Waals surface area contributed by atoms with E-state index in [2.05, 4.69) is 6.92 Å². The number of carbonyl (C=O) groups excluding carboxylic acids is 1. The molecular weight excluding hydrogens is 278 g/mol. The molecule has 1 aliphatic rings. The second kappa shape index (κ2) is 6.35. The van der Waals surface area contributed by atoms with Crippen LogP contribution in [0.5, 0.6) is 5.75 Å². The zero-order valence-corrected chi connectivity index (χ0v) is 12.6. The van der Waals surface area contributed by atoms with Crippen LogP contribution < -0.4 is 10.5 Å². The summed E-state index contributed by atoms with van der Waals surface area (Å²) in [5.41, 5.74) is 6.43. The van der Waals surface area contributed by atoms with Crippen LogP contribution in [-0.2, 0) is 4.74 Å². The Bertz CT molecular complexity index is 504. The molecule has 2 rings (SSSR count). The van der Waals surface area contributed by atoms with E-state index in [1.165, 1.54) is 13.5 Å². The Morgan fingerprint density at radius 1 is 1.40 bits per heavy atom. The fourth-order valence-electron chi connectivity index (χ4n) is 2.65. The maximum absolute atomic E-state index is 11.8. The first-order valence-corrected chi connectivity index (χ1v) is 7.23. The Morgan fingerprint density at radius 3 is 2.80 bits per heavy atom. The summed E-state index contributed by atoms with van der Waals surface area (Å²) >= 11 is 6.18. The molecule has 1 fully saturated rings. The van der Waals surface area contributed by atoms with E-state index in [1.54, 1.807) is 12.1 Å². The van der Waals surface area contributed by atoms with Crippen molar-refractivity contribution in [3.8, 4) is 5.75 Å². The number of rotatable bonds is 3. The number of methoxy groups -OCH3 is 1. The lowest BCUT2D eigenvalue weighted by Gasteiger charge is -2.28. The zero-order chi connectivity index (χ0) is 14.7. The maximum atomic E-state index is 11.8. The third-order valence-corrected chi connectivity index (χ3v) is 3.92. The molecule has 2 N–H and O–H groups in total. The first-order valence-electron chi connectivity index (χ1n) is 6.85. The topological polar surface area (TPSA) is 61.5 Å². The molecule has 0 aliphatic heterocycles. The predicted molar refractivity (Wildman–Crippen MR) is 79.3 cm³/mol. The first kappa shape index (κ1) is 15.0. The summed E-state index contributed by atoms with van der Waals surface area (Å²) in [6.07, 6.45) is 4.39. The van der Waals surface area contributed by atoms with Crippen LogP contribution in [0.15, 0.2) is 12.1 Å². The third kappa shape index (κ3) is 3.37. The van der Waals surface area contributed by atoms with Crippen LogP contribution in [0.25, 0.3) is 0 Å². The van der Waals surface area contributed by atoms with E-state index < -0.39 is 5.97 Å². The van der Waals surface area contributed by atoms with Crippen LogP contribution in [0.2, 0.25) is 5.02 Å². The van der Waals surface area contributed by atoms with Crippen molar-refractivity contribution >= 4 is 23.3 Å². The van der Waals surface area contributed by atoms with Gasteiger partial charge in [-0.1, -0.05) is 24.9 Å². The average molecular weight is 298 g/mol. The molecule has 1 aromatic rings. The smallest absolute Gasteiger partial charge is 0.341 e. The number of nitrogens with two attached hydrogens (primary N) is 1. The Labute approximate surface area is 124 Å². The van der Waals surface area contributed by atoms with Crippen LogP contribution in [0.3, 0.4) is 0 Å². The molecule has 1 aromatic carbocycles. The molecule has 1 aliphatic carbocycles. The van der Waals surface area contributed by atoms with Crippen molar-refractivity contribution in [2.24, 2.45) is 5.92 Å². The number of anilines is 1. The molecule has 0 amide bonds. The number of halogens is 1. The molecule has 0 bridgehead atoms. The summed E-state index contributed by atoms with van der Waals surface area (Å²) in [5.74, 6) is 0.521. The van der Waals surface area contributed by atoms with E-state index in [4.69, 9.17) is 26.8 Å². The summed E-state index contributed by atoms with van der Waals surface area (Å²) in [7, 11) is 1.33. The standard InChI is InChI=1S/C15H20ClNO3/c1-9-4-3-5-11(6-9)20-14-12(15(18)19-2)7-10(17)8-13(14)16/h7-9,11H,3-6,17H2,1-2H3. The first-order chi connectivity index (χ1) is 9.51. The fourth-order valence-corrected chi connectivity index (χ4v) is 2.92. The monoisotopic (exact) mass is 297 g/mol. The Hall–Kier alpha value is -1.42. The molecule has 5 heteroatoms. The summed E-state index contributed by atoms with van der Waals surface area (Å²) in [5, 5.41) is 0.351. The van der Waals surface area contributed by atoms with Gasteiger partial charge in [-0.2, -0.15) is 0 Å². The van der Waals surface area contributed by atoms with Gasteiger partial charge in [0.2, 0.25) is 0 Å². The van der Waals surface area contributed by atoms with Gasteiger partial charge in [0.15, 0.2) is 5.75 Å². The summed E-state index contributed by atoms with van der Waals surface area (Å²) in [6.45, 7) is 2.21. The van der Waals surface area contributed by atoms with Gasteiger partial charge in [-0.15, -0.1) is 0 Å². The quantitative estimate of drug-likeness (QED) is 0.683. The number of esters is 1. The van der Waals surface area contributed by atoms with Crippen LogP contribution in [0.1, 0.15) is 43.0 Å². The van der Waals surface area contributed by atoms with Gasteiger partial charge in [-0.05, 0) is 37.3 Å². The number of hydrogen-bond acceptors (Lipinski definition) is 4. The fraction of sp³-hybridized carbons (Fsp3) is 0.533. The molecule has 0 aromatic heterocycles. The largest absolute Gasteiger partial charge is 0.488 e. The minimum Gasteiger partial charge on any atom is -0.488 e. The Kier molecular flexibility index (Phi) is 4.76. The predicted octanol–water partition coefficient (Wildman–Crippen LogP) is 3.67. The van der Waals surface area contributed by atoms with E-state index in [0.29, 0.717) is 22.4 Å². The highest BCUT2D eigenvalue weighted by molar-refractivity contribution is 6.33. The zero-order valence-electron chi connectivity index (χ0n) is 11.8. The lowest BCUT2D eigenvalue weighted by atomic mass is 9.88. The van der Waals surface area contributed by atoms with E-state index >= 15 is 0 Å². The van der Waals surface area contributed by atoms with Gasteiger partial charge in [-0.3, -0.25) is 0 Å². The average Bonchev–Trinajstić information content (AvgIpc) is 2.40. The van der Waals surface area contributed by atoms with Gasteiger partial charge in [0.25, 0.3) is 0 Å². The van der Waals surface area contributed by atoms with Crippen molar-refractivity contribution in [2.45, 2.75) is 38.7 Å². The van der Waals surface area contributed by atoms with Crippen molar-refractivity contribution in [1.29, 1.82) is 0 Å². The molecule has 4 nitrogen and oxygen atoms in total. The maximum Gasteiger partial charge on any atom is 0.341 e. The van der Waals surface area contributed by atoms with Crippen molar-refractivity contribution in [3.05, 3.63) is 22.7 Å². The highest BCUT2D eigenvalue weighted by atomic mass is 35.5. The van der Waals surface area contributed by atoms with Crippen molar-refractivity contribution in [2.75, 3.05) is 12.8 Å². The summed E-state index contributed by atoms with van der Waals surface area (Å²) < 4.78 is 10.7. The highest BCUT2D eigenvalue weighted by Gasteiger charge is 2.24. The van der Waals surface area contributed by atoms with E-state index in [9.17, 15) is 4.79 Å². The van der Waals surface area contributed by atoms with Gasteiger partial charge in [0, 0.05) is 5.69 Å². The molecule has 0 heterocycles. The van der Waals surface area contributed by atoms with E-state index in [0.717, 1.165) is 19.3 Å². The Morgan fingerprint density at radius 2 is 2.15 bits per heavy atom. The number of benzene rings is 1. The number of carbonyl (C=O) groups is 1. The van der Waals surface area contributed by atoms with Crippen molar-refractivity contribution in [1.82, 2.24) is 0 Å². The van der Waals surface area contributed by atoms with Crippen molar-refractivity contribution < 1.29 is 14.3 Å². The normalized spacial score (nSPS) is 22.4. The molecule has 110 valence electrons. The lowest BCUT2D eigenvalue weighted by Crippen LogP contribution is -2.25. The van der Waals surface area contributed by atoms with Gasteiger partial charge >= 0.3 is 5.97 Å². The Balaban J connectivity index is 2.27. The van der Waals surface area contributed by atoms with Crippen LogP contribution in [0.4, 0.5) is 5.69 Å². The van der Waals surface area contributed by atoms with Crippen LogP contribution in [-0.4, -0.2) is 19.2 Å². The summed E-state index contributed by atoms with van der Waals surface area (Å²) in [4.78, 5) is 11.8. The third-order valence-electron chi connectivity index (χ3n) is 3.64. The van der Waals surface area contributed by atoms with Gasteiger partial charge in [-0.25, -0.2) is 4.79 Å². The molecule has 1 saturated carbocycles. The highest BCUT2D eigenvalue weighted by Crippen LogP contribution is 2.35. The van der Waals surface area contributed by atoms with Crippen LogP contribution >= 0.6 is 11.6 Å².